The number of nitrogens with two attached hydrogens (primary N) is 1. The Morgan fingerprint density at radius 1 is 1.20 bits per heavy atom. The molecule has 0 bridgehead atoms. The maximum Gasteiger partial charge on any atom is 0.408 e. The van der Waals surface area contributed by atoms with Crippen molar-refractivity contribution in [2.24, 2.45) is 0 Å². The summed E-state index contributed by atoms with van der Waals surface area (Å²) >= 11 is 5.98. The van der Waals surface area contributed by atoms with Gasteiger partial charge in [0.2, 0.25) is 0 Å². The van der Waals surface area contributed by atoms with Crippen LogP contribution in [-0.4, -0.2) is 11.7 Å². The maximum absolute atomic E-state index is 11.9. The Morgan fingerprint density at radius 2 is 1.92 bits per heavy atom. The number of ether oxygens (including phenoxy) is 2. The molecule has 0 aliphatic heterocycles. The maximum atomic E-state index is 11.9. The number of benzene rings is 2. The van der Waals surface area contributed by atoms with E-state index in [1.54, 1.807) is 18.2 Å². The zero-order valence-corrected chi connectivity index (χ0v) is 15.6. The fraction of sp³-hybridized carbons (Fsp3) is 0.316. The van der Waals surface area contributed by atoms with Gasteiger partial charge in [-0.3, -0.25) is 0 Å². The van der Waals surface area contributed by atoms with Crippen LogP contribution in [-0.2, 0) is 4.74 Å². The number of anilines is 1. The van der Waals surface area contributed by atoms with Gasteiger partial charge in [-0.1, -0.05) is 23.7 Å². The van der Waals surface area contributed by atoms with Crippen molar-refractivity contribution in [1.82, 2.24) is 5.32 Å². The van der Waals surface area contributed by atoms with Crippen LogP contribution < -0.4 is 15.8 Å². The van der Waals surface area contributed by atoms with Gasteiger partial charge in [0.05, 0.1) is 11.7 Å². The molecule has 0 fully saturated rings. The number of carbonyl (C=O) groups is 1. The van der Waals surface area contributed by atoms with E-state index in [2.05, 4.69) is 5.32 Å². The number of nitrogens with one attached hydrogen (secondary N) is 1. The minimum Gasteiger partial charge on any atom is -0.455 e. The van der Waals surface area contributed by atoms with E-state index in [1.807, 2.05) is 52.0 Å². The van der Waals surface area contributed by atoms with Gasteiger partial charge in [0.1, 0.15) is 11.4 Å². The van der Waals surface area contributed by atoms with E-state index in [9.17, 15) is 4.79 Å². The average molecular weight is 363 g/mol. The second-order valence-corrected chi connectivity index (χ2v) is 7.16. The molecule has 0 aliphatic rings. The van der Waals surface area contributed by atoms with Crippen molar-refractivity contribution in [2.75, 3.05) is 5.73 Å². The lowest BCUT2D eigenvalue weighted by Gasteiger charge is -2.22. The summed E-state index contributed by atoms with van der Waals surface area (Å²) in [5.41, 5.74) is 6.73. The third-order valence-electron chi connectivity index (χ3n) is 3.29. The predicted molar refractivity (Wildman–Crippen MR) is 100 cm³/mol. The normalized spacial score (nSPS) is 12.4. The monoisotopic (exact) mass is 362 g/mol. The molecule has 1 unspecified atom stereocenters. The van der Waals surface area contributed by atoms with E-state index in [0.717, 1.165) is 5.56 Å². The van der Waals surface area contributed by atoms with Crippen LogP contribution in [0.5, 0.6) is 11.5 Å². The minimum atomic E-state index is -0.543. The van der Waals surface area contributed by atoms with E-state index in [4.69, 9.17) is 26.8 Å². The van der Waals surface area contributed by atoms with Crippen molar-refractivity contribution < 1.29 is 14.3 Å². The number of nitrogen functional groups attached to an aromatic ring is 1. The van der Waals surface area contributed by atoms with Gasteiger partial charge in [-0.25, -0.2) is 4.79 Å². The Kier molecular flexibility index (Phi) is 5.80. The van der Waals surface area contributed by atoms with Gasteiger partial charge >= 0.3 is 6.09 Å². The number of hydrogen-bond acceptors (Lipinski definition) is 4. The zero-order valence-electron chi connectivity index (χ0n) is 14.8. The van der Waals surface area contributed by atoms with Gasteiger partial charge in [-0.15, -0.1) is 0 Å². The SMILES string of the molecule is CC(NC(=O)OC(C)(C)C)c1cccc(Oc2cc(Cl)ccc2N)c1. The Balaban J connectivity index is 2.10. The molecule has 0 aromatic heterocycles. The second-order valence-electron chi connectivity index (χ2n) is 6.72. The minimum absolute atomic E-state index is 0.241. The van der Waals surface area contributed by atoms with Crippen LogP contribution in [0.15, 0.2) is 42.5 Å². The van der Waals surface area contributed by atoms with Crippen LogP contribution in [0, 0.1) is 0 Å². The highest BCUT2D eigenvalue weighted by atomic mass is 35.5. The molecule has 0 spiro atoms. The van der Waals surface area contributed by atoms with Crippen molar-refractivity contribution in [3.8, 4) is 11.5 Å². The van der Waals surface area contributed by atoms with Crippen molar-refractivity contribution in [2.45, 2.75) is 39.3 Å². The van der Waals surface area contributed by atoms with Gasteiger partial charge in [0, 0.05) is 11.1 Å². The fourth-order valence-corrected chi connectivity index (χ4v) is 2.30. The van der Waals surface area contributed by atoms with Crippen molar-refractivity contribution in [3.05, 3.63) is 53.1 Å². The quantitative estimate of drug-likeness (QED) is 0.724. The van der Waals surface area contributed by atoms with Crippen molar-refractivity contribution >= 4 is 23.4 Å². The van der Waals surface area contributed by atoms with Crippen molar-refractivity contribution in [3.63, 3.8) is 0 Å². The molecule has 6 heteroatoms. The number of alkyl carbamates (subject to hydrolysis) is 1. The molecule has 2 aromatic carbocycles. The molecule has 3 N–H and O–H groups in total. The zero-order chi connectivity index (χ0) is 18.6. The Bertz CT molecular complexity index is 757. The van der Waals surface area contributed by atoms with E-state index in [0.29, 0.717) is 22.2 Å². The molecule has 1 amide bonds. The standard InChI is InChI=1S/C19H23ClN2O3/c1-12(22-18(23)25-19(2,3)4)13-6-5-7-15(10-13)24-17-11-14(20)8-9-16(17)21/h5-12H,21H2,1-4H3,(H,22,23). The highest BCUT2D eigenvalue weighted by Crippen LogP contribution is 2.31. The molecule has 2 rings (SSSR count). The molecule has 0 aliphatic carbocycles. The van der Waals surface area contributed by atoms with Gasteiger partial charge in [-0.05, 0) is 57.5 Å². The molecule has 1 atom stereocenters. The molecule has 2 aromatic rings. The van der Waals surface area contributed by atoms with E-state index < -0.39 is 11.7 Å². The van der Waals surface area contributed by atoms with E-state index >= 15 is 0 Å². The summed E-state index contributed by atoms with van der Waals surface area (Å²) in [7, 11) is 0. The molecular weight excluding hydrogens is 340 g/mol. The number of amides is 1. The number of hydrogen-bond donors (Lipinski definition) is 2. The first-order chi connectivity index (χ1) is 11.6. The first-order valence-corrected chi connectivity index (χ1v) is 8.34. The number of halogens is 1. The molecule has 134 valence electrons. The smallest absolute Gasteiger partial charge is 0.408 e. The summed E-state index contributed by atoms with van der Waals surface area (Å²) in [5, 5.41) is 3.34. The van der Waals surface area contributed by atoms with E-state index in [-0.39, 0.29) is 6.04 Å². The molecule has 0 radical (unpaired) electrons. The summed E-state index contributed by atoms with van der Waals surface area (Å²) < 4.78 is 11.1. The average Bonchev–Trinajstić information content (AvgIpc) is 2.49. The van der Waals surface area contributed by atoms with Gasteiger partial charge in [-0.2, -0.15) is 0 Å². The summed E-state index contributed by atoms with van der Waals surface area (Å²) in [5.74, 6) is 1.08. The first-order valence-electron chi connectivity index (χ1n) is 7.96. The molecule has 25 heavy (non-hydrogen) atoms. The molecule has 5 nitrogen and oxygen atoms in total. The predicted octanol–water partition coefficient (Wildman–Crippen LogP) is 5.30. The fourth-order valence-electron chi connectivity index (χ4n) is 2.14. The summed E-state index contributed by atoms with van der Waals surface area (Å²) in [6.07, 6.45) is -0.467. The van der Waals surface area contributed by atoms with Crippen LogP contribution in [0.25, 0.3) is 0 Å². The van der Waals surface area contributed by atoms with Crippen LogP contribution in [0.2, 0.25) is 5.02 Å². The highest BCUT2D eigenvalue weighted by Gasteiger charge is 2.18. The lowest BCUT2D eigenvalue weighted by molar-refractivity contribution is 0.0508. The molecule has 0 saturated heterocycles. The van der Waals surface area contributed by atoms with Gasteiger partial charge < -0.3 is 20.5 Å². The Morgan fingerprint density at radius 3 is 2.60 bits per heavy atom. The third-order valence-corrected chi connectivity index (χ3v) is 3.53. The second kappa shape index (κ2) is 7.66. The summed E-state index contributed by atoms with van der Waals surface area (Å²) in [6, 6.07) is 12.2. The van der Waals surface area contributed by atoms with Crippen LogP contribution in [0.3, 0.4) is 0 Å². The third kappa shape index (κ3) is 5.87. The first kappa shape index (κ1) is 18.9. The van der Waals surface area contributed by atoms with Crippen LogP contribution >= 0.6 is 11.6 Å². The summed E-state index contributed by atoms with van der Waals surface area (Å²) in [6.45, 7) is 7.33. The number of carbonyl (C=O) groups excluding carboxylic acids is 1. The summed E-state index contributed by atoms with van der Waals surface area (Å²) in [4.78, 5) is 11.9. The Hall–Kier alpha value is -2.40. The van der Waals surface area contributed by atoms with Gasteiger partial charge in [0.15, 0.2) is 5.75 Å². The molecular formula is C19H23ClN2O3. The lowest BCUT2D eigenvalue weighted by Crippen LogP contribution is -2.34. The van der Waals surface area contributed by atoms with Crippen molar-refractivity contribution in [1.29, 1.82) is 0 Å². The highest BCUT2D eigenvalue weighted by molar-refractivity contribution is 6.30. The molecule has 0 heterocycles. The van der Waals surface area contributed by atoms with Gasteiger partial charge in [0.25, 0.3) is 0 Å². The van der Waals surface area contributed by atoms with E-state index in [1.165, 1.54) is 0 Å². The topological polar surface area (TPSA) is 73.6 Å². The number of rotatable bonds is 4. The lowest BCUT2D eigenvalue weighted by atomic mass is 10.1. The largest absolute Gasteiger partial charge is 0.455 e. The Labute approximate surface area is 153 Å². The van der Waals surface area contributed by atoms with Crippen LogP contribution in [0.1, 0.15) is 39.3 Å². The molecule has 0 saturated carbocycles. The van der Waals surface area contributed by atoms with Crippen LogP contribution in [0.4, 0.5) is 10.5 Å².